The SMILES string of the molecule is NCCNC(=O)c1ccc([N+](=O)[O-])cc1F. The number of benzene rings is 1. The zero-order valence-electron chi connectivity index (χ0n) is 8.27. The summed E-state index contributed by atoms with van der Waals surface area (Å²) in [7, 11) is 0. The second kappa shape index (κ2) is 5.17. The van der Waals surface area contributed by atoms with E-state index in [1.165, 1.54) is 0 Å². The number of nitrogens with two attached hydrogens (primary N) is 1. The number of carbonyl (C=O) groups is 1. The molecule has 0 saturated heterocycles. The van der Waals surface area contributed by atoms with Gasteiger partial charge in [0.05, 0.1) is 16.6 Å². The Kier molecular flexibility index (Phi) is 3.90. The molecule has 0 fully saturated rings. The predicted octanol–water partition coefficient (Wildman–Crippen LogP) is 0.422. The summed E-state index contributed by atoms with van der Waals surface area (Å²) in [5.74, 6) is -1.57. The molecule has 7 heteroatoms. The Morgan fingerprint density at radius 2 is 2.25 bits per heavy atom. The van der Waals surface area contributed by atoms with Crippen LogP contribution in [-0.2, 0) is 0 Å². The minimum Gasteiger partial charge on any atom is -0.351 e. The molecule has 0 saturated carbocycles. The predicted molar refractivity (Wildman–Crippen MR) is 54.4 cm³/mol. The maximum Gasteiger partial charge on any atom is 0.272 e. The van der Waals surface area contributed by atoms with Crippen molar-refractivity contribution >= 4 is 11.6 Å². The van der Waals surface area contributed by atoms with Crippen LogP contribution in [0.4, 0.5) is 10.1 Å². The molecule has 86 valence electrons. The van der Waals surface area contributed by atoms with Crippen molar-refractivity contribution in [3.63, 3.8) is 0 Å². The topological polar surface area (TPSA) is 98.3 Å². The quantitative estimate of drug-likeness (QED) is 0.575. The Morgan fingerprint density at radius 3 is 2.75 bits per heavy atom. The summed E-state index contributed by atoms with van der Waals surface area (Å²) in [6, 6.07) is 2.84. The van der Waals surface area contributed by atoms with Crippen LogP contribution in [0.25, 0.3) is 0 Å². The maximum atomic E-state index is 13.3. The molecule has 1 rings (SSSR count). The van der Waals surface area contributed by atoms with Crippen molar-refractivity contribution in [1.82, 2.24) is 5.32 Å². The van der Waals surface area contributed by atoms with Gasteiger partial charge < -0.3 is 11.1 Å². The van der Waals surface area contributed by atoms with E-state index in [0.717, 1.165) is 12.1 Å². The standard InChI is InChI=1S/C9H10FN3O3/c10-8-5-6(13(15)16)1-2-7(8)9(14)12-4-3-11/h1-2,5H,3-4,11H2,(H,12,14). The number of amides is 1. The van der Waals surface area contributed by atoms with Crippen LogP contribution in [0.3, 0.4) is 0 Å². The number of nitrogens with one attached hydrogen (secondary N) is 1. The van der Waals surface area contributed by atoms with Crippen molar-refractivity contribution in [3.8, 4) is 0 Å². The number of halogens is 1. The van der Waals surface area contributed by atoms with E-state index in [-0.39, 0.29) is 18.7 Å². The van der Waals surface area contributed by atoms with Crippen molar-refractivity contribution in [2.45, 2.75) is 0 Å². The molecule has 0 aliphatic rings. The van der Waals surface area contributed by atoms with E-state index in [2.05, 4.69) is 5.32 Å². The zero-order chi connectivity index (χ0) is 12.1. The maximum absolute atomic E-state index is 13.3. The van der Waals surface area contributed by atoms with Gasteiger partial charge in [0.2, 0.25) is 0 Å². The highest BCUT2D eigenvalue weighted by Gasteiger charge is 2.15. The lowest BCUT2D eigenvalue weighted by Crippen LogP contribution is -2.29. The van der Waals surface area contributed by atoms with Gasteiger partial charge in [-0.3, -0.25) is 14.9 Å². The molecule has 1 aromatic rings. The van der Waals surface area contributed by atoms with E-state index >= 15 is 0 Å². The van der Waals surface area contributed by atoms with Crippen LogP contribution >= 0.6 is 0 Å². The molecule has 1 amide bonds. The van der Waals surface area contributed by atoms with E-state index in [9.17, 15) is 19.3 Å². The molecule has 0 radical (unpaired) electrons. The van der Waals surface area contributed by atoms with Crippen molar-refractivity contribution in [1.29, 1.82) is 0 Å². The van der Waals surface area contributed by atoms with E-state index in [4.69, 9.17) is 5.73 Å². The average Bonchev–Trinajstić information content (AvgIpc) is 2.25. The van der Waals surface area contributed by atoms with Crippen LogP contribution < -0.4 is 11.1 Å². The number of hydrogen-bond donors (Lipinski definition) is 2. The van der Waals surface area contributed by atoms with E-state index in [1.807, 2.05) is 0 Å². The smallest absolute Gasteiger partial charge is 0.272 e. The molecule has 1 aromatic carbocycles. The highest BCUT2D eigenvalue weighted by atomic mass is 19.1. The Labute approximate surface area is 90.4 Å². The van der Waals surface area contributed by atoms with Gasteiger partial charge in [0, 0.05) is 19.2 Å². The fourth-order valence-corrected chi connectivity index (χ4v) is 1.08. The molecule has 0 aliphatic heterocycles. The fourth-order valence-electron chi connectivity index (χ4n) is 1.08. The molecule has 0 aliphatic carbocycles. The third kappa shape index (κ3) is 2.74. The molecule has 0 spiro atoms. The van der Waals surface area contributed by atoms with Crippen LogP contribution in [-0.4, -0.2) is 23.9 Å². The van der Waals surface area contributed by atoms with Crippen LogP contribution in [0.1, 0.15) is 10.4 Å². The van der Waals surface area contributed by atoms with Crippen molar-refractivity contribution in [2.24, 2.45) is 5.73 Å². The van der Waals surface area contributed by atoms with E-state index in [1.54, 1.807) is 0 Å². The monoisotopic (exact) mass is 227 g/mol. The summed E-state index contributed by atoms with van der Waals surface area (Å²) in [4.78, 5) is 20.9. The number of carbonyl (C=O) groups excluding carboxylic acids is 1. The van der Waals surface area contributed by atoms with Gasteiger partial charge in [-0.05, 0) is 6.07 Å². The van der Waals surface area contributed by atoms with Crippen LogP contribution in [0.2, 0.25) is 0 Å². The number of nitro groups is 1. The number of hydrogen-bond acceptors (Lipinski definition) is 4. The lowest BCUT2D eigenvalue weighted by atomic mass is 10.2. The first-order chi connectivity index (χ1) is 7.56. The Hall–Kier alpha value is -2.02. The van der Waals surface area contributed by atoms with E-state index in [0.29, 0.717) is 6.07 Å². The molecular formula is C9H10FN3O3. The number of rotatable bonds is 4. The number of non-ortho nitro benzene ring substituents is 1. The Bertz CT molecular complexity index is 422. The second-order valence-electron chi connectivity index (χ2n) is 2.97. The van der Waals surface area contributed by atoms with Crippen molar-refractivity contribution < 1.29 is 14.1 Å². The minimum atomic E-state index is -0.927. The lowest BCUT2D eigenvalue weighted by Gasteiger charge is -2.04. The highest BCUT2D eigenvalue weighted by Crippen LogP contribution is 2.16. The summed E-state index contributed by atoms with van der Waals surface area (Å²) in [6.07, 6.45) is 0. The number of nitrogens with zero attached hydrogens (tertiary/aromatic N) is 1. The summed E-state index contributed by atoms with van der Waals surface area (Å²) < 4.78 is 13.3. The van der Waals surface area contributed by atoms with Crippen LogP contribution in [0, 0.1) is 15.9 Å². The van der Waals surface area contributed by atoms with Gasteiger partial charge >= 0.3 is 0 Å². The first kappa shape index (κ1) is 12.1. The lowest BCUT2D eigenvalue weighted by molar-refractivity contribution is -0.385. The highest BCUT2D eigenvalue weighted by molar-refractivity contribution is 5.94. The fraction of sp³-hybridized carbons (Fsp3) is 0.222. The molecule has 0 unspecified atom stereocenters. The Balaban J connectivity index is 2.90. The van der Waals surface area contributed by atoms with Crippen molar-refractivity contribution in [2.75, 3.05) is 13.1 Å². The van der Waals surface area contributed by atoms with Crippen LogP contribution in [0.5, 0.6) is 0 Å². The van der Waals surface area contributed by atoms with Gasteiger partial charge in [-0.15, -0.1) is 0 Å². The average molecular weight is 227 g/mol. The van der Waals surface area contributed by atoms with Gasteiger partial charge in [0.15, 0.2) is 0 Å². The summed E-state index contributed by atoms with van der Waals surface area (Å²) >= 11 is 0. The first-order valence-electron chi connectivity index (χ1n) is 4.48. The van der Waals surface area contributed by atoms with Gasteiger partial charge in [-0.2, -0.15) is 0 Å². The molecule has 3 N–H and O–H groups in total. The summed E-state index contributed by atoms with van der Waals surface area (Å²) in [6.45, 7) is 0.454. The van der Waals surface area contributed by atoms with Crippen LogP contribution in [0.15, 0.2) is 18.2 Å². The van der Waals surface area contributed by atoms with Gasteiger partial charge in [-0.1, -0.05) is 0 Å². The second-order valence-corrected chi connectivity index (χ2v) is 2.97. The van der Waals surface area contributed by atoms with Gasteiger partial charge in [-0.25, -0.2) is 4.39 Å². The third-order valence-corrected chi connectivity index (χ3v) is 1.84. The molecule has 0 heterocycles. The first-order valence-corrected chi connectivity index (χ1v) is 4.48. The number of nitro benzene ring substituents is 1. The van der Waals surface area contributed by atoms with Gasteiger partial charge in [0.25, 0.3) is 11.6 Å². The molecular weight excluding hydrogens is 217 g/mol. The molecule has 0 aromatic heterocycles. The van der Waals surface area contributed by atoms with E-state index < -0.39 is 22.3 Å². The molecule has 6 nitrogen and oxygen atoms in total. The van der Waals surface area contributed by atoms with Crippen molar-refractivity contribution in [3.05, 3.63) is 39.7 Å². The molecule has 0 atom stereocenters. The molecule has 0 bridgehead atoms. The minimum absolute atomic E-state index is 0.218. The Morgan fingerprint density at radius 1 is 1.56 bits per heavy atom. The summed E-state index contributed by atoms with van der Waals surface area (Å²) in [5.41, 5.74) is 4.53. The van der Waals surface area contributed by atoms with Gasteiger partial charge in [0.1, 0.15) is 5.82 Å². The third-order valence-electron chi connectivity index (χ3n) is 1.84. The zero-order valence-corrected chi connectivity index (χ0v) is 8.27. The largest absolute Gasteiger partial charge is 0.351 e. The normalized spacial score (nSPS) is 9.88. The summed E-state index contributed by atoms with van der Waals surface area (Å²) in [5, 5.41) is 12.7. The molecule has 16 heavy (non-hydrogen) atoms.